The SMILES string of the molecule is CCOc1c(N)cccc1C(=O)N1CC[C@H](O)C1. The summed E-state index contributed by atoms with van der Waals surface area (Å²) in [6.45, 7) is 3.25. The Balaban J connectivity index is 2.27. The molecule has 0 radical (unpaired) electrons. The lowest BCUT2D eigenvalue weighted by Gasteiger charge is -2.18. The fraction of sp³-hybridized carbons (Fsp3) is 0.462. The molecule has 0 spiro atoms. The molecule has 1 aliphatic heterocycles. The van der Waals surface area contributed by atoms with Crippen molar-refractivity contribution in [3.63, 3.8) is 0 Å². The molecule has 2 rings (SSSR count). The number of carbonyl (C=O) groups excluding carboxylic acids is 1. The van der Waals surface area contributed by atoms with Gasteiger partial charge < -0.3 is 20.5 Å². The fourth-order valence-electron chi connectivity index (χ4n) is 2.13. The number of nitrogens with two attached hydrogens (primary N) is 1. The lowest BCUT2D eigenvalue weighted by Crippen LogP contribution is -2.30. The number of ether oxygens (including phenoxy) is 1. The summed E-state index contributed by atoms with van der Waals surface area (Å²) >= 11 is 0. The van der Waals surface area contributed by atoms with Crippen molar-refractivity contribution in [1.29, 1.82) is 0 Å². The molecule has 0 saturated carbocycles. The predicted octanol–water partition coefficient (Wildman–Crippen LogP) is 0.874. The molecule has 1 aromatic carbocycles. The minimum Gasteiger partial charge on any atom is -0.491 e. The Bertz CT molecular complexity index is 448. The summed E-state index contributed by atoms with van der Waals surface area (Å²) < 4.78 is 5.44. The quantitative estimate of drug-likeness (QED) is 0.781. The second kappa shape index (κ2) is 5.27. The molecule has 0 aliphatic carbocycles. The van der Waals surface area contributed by atoms with Crippen molar-refractivity contribution in [2.24, 2.45) is 0 Å². The molecule has 0 aromatic heterocycles. The third kappa shape index (κ3) is 2.41. The summed E-state index contributed by atoms with van der Waals surface area (Å²) in [7, 11) is 0. The first-order chi connectivity index (χ1) is 8.63. The first-order valence-corrected chi connectivity index (χ1v) is 6.12. The van der Waals surface area contributed by atoms with Gasteiger partial charge in [0.2, 0.25) is 0 Å². The number of hydrogen-bond donors (Lipinski definition) is 2. The van der Waals surface area contributed by atoms with Crippen LogP contribution < -0.4 is 10.5 Å². The van der Waals surface area contributed by atoms with Crippen LogP contribution in [0.15, 0.2) is 18.2 Å². The van der Waals surface area contributed by atoms with Gasteiger partial charge in [-0.05, 0) is 25.5 Å². The van der Waals surface area contributed by atoms with E-state index in [2.05, 4.69) is 0 Å². The van der Waals surface area contributed by atoms with Gasteiger partial charge in [0.1, 0.15) is 0 Å². The van der Waals surface area contributed by atoms with Gasteiger partial charge in [0.05, 0.1) is 24.0 Å². The van der Waals surface area contributed by atoms with Crippen LogP contribution in [0.5, 0.6) is 5.75 Å². The van der Waals surface area contributed by atoms with E-state index in [0.717, 1.165) is 0 Å². The van der Waals surface area contributed by atoms with Gasteiger partial charge >= 0.3 is 0 Å². The third-order valence-corrected chi connectivity index (χ3v) is 3.02. The maximum Gasteiger partial charge on any atom is 0.257 e. The van der Waals surface area contributed by atoms with E-state index < -0.39 is 6.10 Å². The zero-order chi connectivity index (χ0) is 13.1. The van der Waals surface area contributed by atoms with Gasteiger partial charge in [-0.3, -0.25) is 4.79 Å². The molecule has 5 nitrogen and oxygen atoms in total. The second-order valence-electron chi connectivity index (χ2n) is 4.35. The summed E-state index contributed by atoms with van der Waals surface area (Å²) in [5, 5.41) is 9.47. The van der Waals surface area contributed by atoms with Gasteiger partial charge in [0.25, 0.3) is 5.91 Å². The monoisotopic (exact) mass is 250 g/mol. The number of benzene rings is 1. The van der Waals surface area contributed by atoms with Crippen molar-refractivity contribution >= 4 is 11.6 Å². The number of nitrogen functional groups attached to an aromatic ring is 1. The summed E-state index contributed by atoms with van der Waals surface area (Å²) in [5.74, 6) is 0.300. The van der Waals surface area contributed by atoms with Crippen LogP contribution in [0.3, 0.4) is 0 Å². The molecule has 1 amide bonds. The van der Waals surface area contributed by atoms with E-state index in [9.17, 15) is 9.90 Å². The Morgan fingerprint density at radius 2 is 2.39 bits per heavy atom. The molecule has 1 aromatic rings. The molecule has 1 atom stereocenters. The van der Waals surface area contributed by atoms with Crippen molar-refractivity contribution in [2.45, 2.75) is 19.4 Å². The standard InChI is InChI=1S/C13H18N2O3/c1-2-18-12-10(4-3-5-11(12)14)13(17)15-7-6-9(16)8-15/h3-5,9,16H,2,6-8,14H2,1H3/t9-/m0/s1. The van der Waals surface area contributed by atoms with Crippen LogP contribution in [0.2, 0.25) is 0 Å². The Kier molecular flexibility index (Phi) is 3.72. The normalized spacial score (nSPS) is 19.0. The van der Waals surface area contributed by atoms with Crippen LogP contribution in [0, 0.1) is 0 Å². The van der Waals surface area contributed by atoms with Crippen molar-refractivity contribution in [3.05, 3.63) is 23.8 Å². The van der Waals surface area contributed by atoms with Gasteiger partial charge in [-0.15, -0.1) is 0 Å². The number of para-hydroxylation sites is 1. The van der Waals surface area contributed by atoms with Crippen LogP contribution in [-0.4, -0.2) is 41.7 Å². The molecule has 1 fully saturated rings. The van der Waals surface area contributed by atoms with Gasteiger partial charge in [0, 0.05) is 13.1 Å². The number of aliphatic hydroxyl groups is 1. The number of hydrogen-bond acceptors (Lipinski definition) is 4. The summed E-state index contributed by atoms with van der Waals surface area (Å²) in [5.41, 5.74) is 6.75. The lowest BCUT2D eigenvalue weighted by atomic mass is 10.1. The molecule has 0 bridgehead atoms. The Morgan fingerprint density at radius 1 is 1.61 bits per heavy atom. The molecule has 3 N–H and O–H groups in total. The van der Waals surface area contributed by atoms with Gasteiger partial charge in [-0.1, -0.05) is 6.07 Å². The van der Waals surface area contributed by atoms with E-state index in [-0.39, 0.29) is 5.91 Å². The highest BCUT2D eigenvalue weighted by molar-refractivity contribution is 5.98. The number of nitrogens with zero attached hydrogens (tertiary/aromatic N) is 1. The second-order valence-corrected chi connectivity index (χ2v) is 4.35. The first-order valence-electron chi connectivity index (χ1n) is 6.12. The van der Waals surface area contributed by atoms with Crippen molar-refractivity contribution in [1.82, 2.24) is 4.90 Å². The molecule has 5 heteroatoms. The molecule has 1 aliphatic rings. The smallest absolute Gasteiger partial charge is 0.257 e. The molecule has 18 heavy (non-hydrogen) atoms. The van der Waals surface area contributed by atoms with Crippen LogP contribution in [0.25, 0.3) is 0 Å². The van der Waals surface area contributed by atoms with Crippen LogP contribution >= 0.6 is 0 Å². The summed E-state index contributed by atoms with van der Waals surface area (Å²) in [6.07, 6.45) is 0.198. The van der Waals surface area contributed by atoms with Gasteiger partial charge in [0.15, 0.2) is 5.75 Å². The number of amides is 1. The average Bonchev–Trinajstić information content (AvgIpc) is 2.78. The van der Waals surface area contributed by atoms with Crippen LogP contribution in [0.4, 0.5) is 5.69 Å². The Labute approximate surface area is 106 Å². The molecule has 98 valence electrons. The highest BCUT2D eigenvalue weighted by Crippen LogP contribution is 2.28. The zero-order valence-electron chi connectivity index (χ0n) is 10.4. The highest BCUT2D eigenvalue weighted by Gasteiger charge is 2.27. The Hall–Kier alpha value is -1.75. The van der Waals surface area contributed by atoms with Crippen LogP contribution in [-0.2, 0) is 0 Å². The molecular weight excluding hydrogens is 232 g/mol. The average molecular weight is 250 g/mol. The first kappa shape index (κ1) is 12.7. The third-order valence-electron chi connectivity index (χ3n) is 3.02. The van der Waals surface area contributed by atoms with E-state index in [4.69, 9.17) is 10.5 Å². The van der Waals surface area contributed by atoms with Crippen molar-refractivity contribution in [2.75, 3.05) is 25.4 Å². The number of aliphatic hydroxyl groups excluding tert-OH is 1. The molecule has 0 unspecified atom stereocenters. The van der Waals surface area contributed by atoms with E-state index in [1.165, 1.54) is 0 Å². The summed E-state index contributed by atoms with van der Waals surface area (Å²) in [6, 6.07) is 5.15. The summed E-state index contributed by atoms with van der Waals surface area (Å²) in [4.78, 5) is 13.9. The minimum atomic E-state index is -0.425. The zero-order valence-corrected chi connectivity index (χ0v) is 10.4. The number of anilines is 1. The lowest BCUT2D eigenvalue weighted by molar-refractivity contribution is 0.0761. The van der Waals surface area contributed by atoms with Gasteiger partial charge in [-0.25, -0.2) is 0 Å². The minimum absolute atomic E-state index is 0.137. The fourth-order valence-corrected chi connectivity index (χ4v) is 2.13. The maximum atomic E-state index is 12.3. The van der Waals surface area contributed by atoms with E-state index in [0.29, 0.717) is 43.1 Å². The molecule has 1 heterocycles. The van der Waals surface area contributed by atoms with E-state index in [1.807, 2.05) is 6.92 Å². The van der Waals surface area contributed by atoms with E-state index in [1.54, 1.807) is 23.1 Å². The number of likely N-dealkylation sites (tertiary alicyclic amines) is 1. The molecule has 1 saturated heterocycles. The number of rotatable bonds is 3. The maximum absolute atomic E-state index is 12.3. The number of β-amino-alcohol motifs (C(OH)–C–C–N with tert-alkyl or cyclic N) is 1. The number of carbonyl (C=O) groups is 1. The Morgan fingerprint density at radius 3 is 3.00 bits per heavy atom. The predicted molar refractivity (Wildman–Crippen MR) is 68.6 cm³/mol. The van der Waals surface area contributed by atoms with E-state index >= 15 is 0 Å². The van der Waals surface area contributed by atoms with Crippen LogP contribution in [0.1, 0.15) is 23.7 Å². The van der Waals surface area contributed by atoms with Crippen molar-refractivity contribution < 1.29 is 14.6 Å². The largest absolute Gasteiger partial charge is 0.491 e. The highest BCUT2D eigenvalue weighted by atomic mass is 16.5. The topological polar surface area (TPSA) is 75.8 Å². The van der Waals surface area contributed by atoms with Gasteiger partial charge in [-0.2, -0.15) is 0 Å². The molecular formula is C13H18N2O3. The van der Waals surface area contributed by atoms with Crippen molar-refractivity contribution in [3.8, 4) is 5.75 Å².